The molecule has 1 saturated heterocycles. The van der Waals surface area contributed by atoms with Crippen molar-refractivity contribution in [2.75, 3.05) is 46.4 Å². The molecule has 36 heavy (non-hydrogen) atoms. The van der Waals surface area contributed by atoms with Crippen LogP contribution in [0.3, 0.4) is 0 Å². The van der Waals surface area contributed by atoms with Crippen LogP contribution in [0.25, 0.3) is 0 Å². The third-order valence-corrected chi connectivity index (χ3v) is 6.38. The molecule has 2 aliphatic heterocycles. The number of nitrogens with zero attached hydrogens (tertiary/aromatic N) is 2. The van der Waals surface area contributed by atoms with Gasteiger partial charge in [-0.25, -0.2) is 0 Å². The fourth-order valence-electron chi connectivity index (χ4n) is 4.41. The summed E-state index contributed by atoms with van der Waals surface area (Å²) in [6, 6.07) is 3.13. The lowest BCUT2D eigenvalue weighted by Crippen LogP contribution is -2.47. The topological polar surface area (TPSA) is 140 Å². The van der Waals surface area contributed by atoms with E-state index in [0.29, 0.717) is 39.0 Å². The Morgan fingerprint density at radius 3 is 2.53 bits per heavy atom. The van der Waals surface area contributed by atoms with E-state index in [1.54, 1.807) is 18.9 Å². The zero-order chi connectivity index (χ0) is 26.1. The lowest BCUT2D eigenvalue weighted by Gasteiger charge is -2.27. The molecule has 2 atom stereocenters. The number of carbonyl (C=O) groups excluding carboxylic acids is 4. The largest absolute Gasteiger partial charge is 0.508 e. The summed E-state index contributed by atoms with van der Waals surface area (Å²) in [4.78, 5) is 54.0. The molecule has 3 rings (SSSR count). The Morgan fingerprint density at radius 1 is 1.03 bits per heavy atom. The molecule has 11 nitrogen and oxygen atoms in total. The molecule has 0 saturated carbocycles. The molecule has 4 N–H and O–H groups in total. The second-order valence-electron chi connectivity index (χ2n) is 9.34. The highest BCUT2D eigenvalue weighted by Crippen LogP contribution is 2.22. The number of hydrogen-bond donors (Lipinski definition) is 4. The zero-order valence-corrected chi connectivity index (χ0v) is 21.0. The molecule has 0 radical (unpaired) electrons. The van der Waals surface area contributed by atoms with Gasteiger partial charge in [-0.1, -0.05) is 0 Å². The van der Waals surface area contributed by atoms with Gasteiger partial charge in [-0.15, -0.1) is 0 Å². The lowest BCUT2D eigenvalue weighted by molar-refractivity contribution is -0.135. The van der Waals surface area contributed by atoms with Gasteiger partial charge in [-0.05, 0) is 57.7 Å². The van der Waals surface area contributed by atoms with Crippen LogP contribution in [0.2, 0.25) is 0 Å². The highest BCUT2D eigenvalue weighted by Gasteiger charge is 2.27. The van der Waals surface area contributed by atoms with Crippen molar-refractivity contribution in [1.82, 2.24) is 25.8 Å². The van der Waals surface area contributed by atoms with Crippen LogP contribution in [0.1, 0.15) is 49.4 Å². The van der Waals surface area contributed by atoms with Crippen LogP contribution in [0.5, 0.6) is 11.5 Å². The smallest absolute Gasteiger partial charge is 0.258 e. The van der Waals surface area contributed by atoms with Crippen LogP contribution in [0.4, 0.5) is 0 Å². The fourth-order valence-corrected chi connectivity index (χ4v) is 4.41. The Bertz CT molecular complexity index is 949. The number of aromatic hydroxyl groups is 1. The van der Waals surface area contributed by atoms with Gasteiger partial charge in [0.05, 0.1) is 6.04 Å². The van der Waals surface area contributed by atoms with Gasteiger partial charge in [0.25, 0.3) is 11.8 Å². The number of phenolic OH excluding ortho intramolecular Hbond substituents is 1. The molecule has 2 aliphatic rings. The molecule has 2 bridgehead atoms. The van der Waals surface area contributed by atoms with Crippen LogP contribution < -0.4 is 20.7 Å². The third kappa shape index (κ3) is 7.84. The fraction of sp³-hybridized carbons (Fsp3) is 0.600. The van der Waals surface area contributed by atoms with Gasteiger partial charge in [0.15, 0.2) is 6.61 Å². The number of fused-ring (bicyclic) bond motifs is 2. The number of ether oxygens (including phenoxy) is 1. The number of hydrogen-bond acceptors (Lipinski definition) is 7. The maximum atomic E-state index is 13.0. The molecule has 0 aromatic heterocycles. The Balaban J connectivity index is 1.72. The van der Waals surface area contributed by atoms with E-state index in [1.807, 2.05) is 4.90 Å². The van der Waals surface area contributed by atoms with Crippen molar-refractivity contribution in [3.8, 4) is 11.5 Å². The number of amides is 4. The maximum Gasteiger partial charge on any atom is 0.258 e. The van der Waals surface area contributed by atoms with Gasteiger partial charge >= 0.3 is 0 Å². The number of benzene rings is 1. The van der Waals surface area contributed by atoms with Crippen molar-refractivity contribution >= 4 is 23.6 Å². The molecule has 0 spiro atoms. The molecular formula is C25H37N5O6. The summed E-state index contributed by atoms with van der Waals surface area (Å²) in [5, 5.41) is 18.7. The first-order chi connectivity index (χ1) is 17.2. The van der Waals surface area contributed by atoms with E-state index in [9.17, 15) is 24.3 Å². The molecule has 1 fully saturated rings. The first-order valence-corrected chi connectivity index (χ1v) is 12.6. The van der Waals surface area contributed by atoms with Crippen LogP contribution in [0, 0.1) is 0 Å². The summed E-state index contributed by atoms with van der Waals surface area (Å²) < 4.78 is 5.44. The average Bonchev–Trinajstić information content (AvgIpc) is 3.39. The average molecular weight is 504 g/mol. The Kier molecular flexibility index (Phi) is 9.92. The predicted octanol–water partition coefficient (Wildman–Crippen LogP) is 0.228. The van der Waals surface area contributed by atoms with Crippen molar-refractivity contribution in [2.45, 2.75) is 51.1 Å². The first kappa shape index (κ1) is 27.3. The van der Waals surface area contributed by atoms with Crippen LogP contribution in [-0.2, 0) is 14.4 Å². The molecular weight excluding hydrogens is 466 g/mol. The van der Waals surface area contributed by atoms with Crippen LogP contribution in [-0.4, -0.2) is 97.0 Å². The summed E-state index contributed by atoms with van der Waals surface area (Å²) >= 11 is 0. The normalized spacial score (nSPS) is 23.4. The van der Waals surface area contributed by atoms with Crippen molar-refractivity contribution in [3.63, 3.8) is 0 Å². The second-order valence-corrected chi connectivity index (χ2v) is 9.34. The molecule has 1 aromatic rings. The highest BCUT2D eigenvalue weighted by molar-refractivity contribution is 5.95. The zero-order valence-electron chi connectivity index (χ0n) is 21.0. The number of rotatable bonds is 1. The minimum atomic E-state index is -0.742. The molecule has 4 amide bonds. The lowest BCUT2D eigenvalue weighted by atomic mass is 10.1. The van der Waals surface area contributed by atoms with E-state index in [1.165, 1.54) is 18.2 Å². The van der Waals surface area contributed by atoms with Crippen molar-refractivity contribution in [3.05, 3.63) is 23.8 Å². The van der Waals surface area contributed by atoms with E-state index in [4.69, 9.17) is 4.74 Å². The van der Waals surface area contributed by atoms with E-state index in [-0.39, 0.29) is 41.5 Å². The Hall–Kier alpha value is -3.34. The number of likely N-dealkylation sites (N-methyl/N-ethyl adjacent to an activating group) is 1. The van der Waals surface area contributed by atoms with E-state index >= 15 is 0 Å². The highest BCUT2D eigenvalue weighted by atomic mass is 16.5. The van der Waals surface area contributed by atoms with Crippen LogP contribution in [0.15, 0.2) is 18.2 Å². The van der Waals surface area contributed by atoms with Crippen molar-refractivity contribution in [1.29, 1.82) is 0 Å². The molecule has 2 heterocycles. The third-order valence-electron chi connectivity index (χ3n) is 6.38. The van der Waals surface area contributed by atoms with E-state index in [0.717, 1.165) is 25.8 Å². The van der Waals surface area contributed by atoms with Gasteiger partial charge < -0.3 is 35.6 Å². The quantitative estimate of drug-likeness (QED) is 0.430. The molecule has 0 aliphatic carbocycles. The van der Waals surface area contributed by atoms with Gasteiger partial charge in [0.1, 0.15) is 17.5 Å². The first-order valence-electron chi connectivity index (χ1n) is 12.6. The van der Waals surface area contributed by atoms with Gasteiger partial charge in [0, 0.05) is 44.9 Å². The number of phenols is 1. The van der Waals surface area contributed by atoms with Gasteiger partial charge in [-0.2, -0.15) is 0 Å². The molecule has 198 valence electrons. The summed E-state index contributed by atoms with van der Waals surface area (Å²) in [6.07, 6.45) is 3.79. The van der Waals surface area contributed by atoms with E-state index in [2.05, 4.69) is 16.0 Å². The van der Waals surface area contributed by atoms with Crippen molar-refractivity contribution in [2.24, 2.45) is 0 Å². The molecule has 0 unspecified atom stereocenters. The predicted molar refractivity (Wildman–Crippen MR) is 133 cm³/mol. The van der Waals surface area contributed by atoms with Gasteiger partial charge in [0.2, 0.25) is 11.8 Å². The van der Waals surface area contributed by atoms with Crippen molar-refractivity contribution < 1.29 is 29.0 Å². The number of carbonyl (C=O) groups is 4. The van der Waals surface area contributed by atoms with Crippen LogP contribution >= 0.6 is 0 Å². The minimum absolute atomic E-state index is 0.0662. The Morgan fingerprint density at radius 2 is 1.78 bits per heavy atom. The molecule has 1 aromatic carbocycles. The Labute approximate surface area is 211 Å². The maximum absolute atomic E-state index is 13.0. The van der Waals surface area contributed by atoms with E-state index < -0.39 is 17.9 Å². The summed E-state index contributed by atoms with van der Waals surface area (Å²) in [5.74, 6) is -1.07. The van der Waals surface area contributed by atoms with Gasteiger partial charge in [-0.3, -0.25) is 19.2 Å². The summed E-state index contributed by atoms with van der Waals surface area (Å²) in [7, 11) is 1.69. The summed E-state index contributed by atoms with van der Waals surface area (Å²) in [5.41, 5.74) is 0.188. The SMILES string of the molecule is C[C@@H]1NC(=O)COc2cc(O)cc(c2)C(=O)NCCCN(C(=O)[C@H]2CCCN2)CCCCN(C)C1=O. The standard InChI is InChI=1S/C25H37N5O6/c1-17-24(34)29(2)10-3-4-11-30(25(35)21-7-5-8-26-21)12-6-9-27-23(33)18-13-19(31)15-20(14-18)36-16-22(32)28-17/h13-15,17,21,26,31H,3-12,16H2,1-2H3,(H,27,33)(H,28,32)/t17-,21+/m0/s1. The number of nitrogens with one attached hydrogen (secondary N) is 3. The minimum Gasteiger partial charge on any atom is -0.508 e. The second kappa shape index (κ2) is 13.1. The monoisotopic (exact) mass is 503 g/mol. The summed E-state index contributed by atoms with van der Waals surface area (Å²) in [6.45, 7) is 3.99. The molecule has 11 heteroatoms.